The zero-order valence-electron chi connectivity index (χ0n) is 16.5. The Bertz CT molecular complexity index is 914. The molecule has 0 saturated carbocycles. The number of alkyl halides is 7. The first-order valence-electron chi connectivity index (χ1n) is 8.65. The van der Waals surface area contributed by atoms with Gasteiger partial charge in [0.1, 0.15) is 0 Å². The molecule has 164 valence electrons. The summed E-state index contributed by atoms with van der Waals surface area (Å²) in [4.78, 5) is 13.9. The minimum Gasteiger partial charge on any atom is -0.388 e. The van der Waals surface area contributed by atoms with Crippen LogP contribution in [0.3, 0.4) is 0 Å². The van der Waals surface area contributed by atoms with Gasteiger partial charge in [-0.05, 0) is 43.2 Å². The number of hydrogen-bond donors (Lipinski definition) is 1. The van der Waals surface area contributed by atoms with Gasteiger partial charge in [0, 0.05) is 36.6 Å². The molecule has 10 heteroatoms. The summed E-state index contributed by atoms with van der Waals surface area (Å²) in [6.07, 6.45) is -12.4. The van der Waals surface area contributed by atoms with E-state index in [1.165, 1.54) is 33.0 Å². The maximum absolute atomic E-state index is 14.4. The van der Waals surface area contributed by atoms with Crippen LogP contribution in [-0.4, -0.2) is 32.4 Å². The van der Waals surface area contributed by atoms with Crippen molar-refractivity contribution in [2.45, 2.75) is 31.9 Å². The minimum absolute atomic E-state index is 0.0882. The van der Waals surface area contributed by atoms with Crippen LogP contribution in [0.25, 0.3) is 0 Å². The van der Waals surface area contributed by atoms with Crippen molar-refractivity contribution >= 4 is 17.3 Å². The summed E-state index contributed by atoms with van der Waals surface area (Å²) in [6, 6.07) is 7.31. The van der Waals surface area contributed by atoms with E-state index in [2.05, 4.69) is 5.32 Å². The van der Waals surface area contributed by atoms with Gasteiger partial charge in [-0.25, -0.2) is 4.39 Å². The number of benzene rings is 2. The van der Waals surface area contributed by atoms with Crippen LogP contribution < -0.4 is 10.2 Å². The Hall–Kier alpha value is -2.78. The van der Waals surface area contributed by atoms with Crippen molar-refractivity contribution in [1.82, 2.24) is 0 Å². The molecule has 1 N–H and O–H groups in total. The van der Waals surface area contributed by atoms with Crippen LogP contribution in [0.1, 0.15) is 27.0 Å². The minimum atomic E-state index is -6.21. The van der Waals surface area contributed by atoms with Gasteiger partial charge < -0.3 is 10.2 Å². The number of halogens is 7. The first-order chi connectivity index (χ1) is 13.6. The lowest BCUT2D eigenvalue weighted by atomic mass is 9.90. The van der Waals surface area contributed by atoms with Gasteiger partial charge in [-0.3, -0.25) is 4.79 Å². The summed E-state index contributed by atoms with van der Waals surface area (Å²) in [6.45, 7) is 2.43. The molecule has 0 aliphatic carbocycles. The summed E-state index contributed by atoms with van der Waals surface area (Å²) in [5.41, 5.74) is -6.36. The first kappa shape index (κ1) is 23.5. The lowest BCUT2D eigenvalue weighted by Crippen LogP contribution is -2.50. The predicted octanol–water partition coefficient (Wildman–Crippen LogP) is 5.91. The standard InChI is InChI=1S/C20H19F7N2O/c1-11-8-14(18(21,19(22,23)24)20(25,26)27)9-12(2)16(11)29(4)17(30)13-6-5-7-15(10-13)28-3/h5-10,28H,1-4H3. The van der Waals surface area contributed by atoms with Gasteiger partial charge in [-0.1, -0.05) is 18.2 Å². The second kappa shape index (κ2) is 7.81. The molecule has 0 radical (unpaired) electrons. The molecule has 30 heavy (non-hydrogen) atoms. The summed E-state index contributed by atoms with van der Waals surface area (Å²) < 4.78 is 92.8. The molecule has 3 nitrogen and oxygen atoms in total. The molecule has 0 saturated heterocycles. The van der Waals surface area contributed by atoms with Gasteiger partial charge in [0.2, 0.25) is 0 Å². The van der Waals surface area contributed by atoms with Crippen LogP contribution in [0, 0.1) is 13.8 Å². The van der Waals surface area contributed by atoms with E-state index in [4.69, 9.17) is 0 Å². The van der Waals surface area contributed by atoms with Crippen molar-refractivity contribution in [2.24, 2.45) is 0 Å². The Morgan fingerprint density at radius 2 is 1.40 bits per heavy atom. The average Bonchev–Trinajstić information content (AvgIpc) is 2.64. The summed E-state index contributed by atoms with van der Waals surface area (Å²) in [5.74, 6) is -0.538. The third-order valence-corrected chi connectivity index (χ3v) is 4.71. The summed E-state index contributed by atoms with van der Waals surface area (Å²) in [7, 11) is 2.98. The molecule has 0 heterocycles. The van der Waals surface area contributed by atoms with E-state index in [-0.39, 0.29) is 22.4 Å². The Labute approximate surface area is 168 Å². The highest BCUT2D eigenvalue weighted by molar-refractivity contribution is 6.07. The summed E-state index contributed by atoms with van der Waals surface area (Å²) in [5, 5.41) is 2.85. The molecular formula is C20H19F7N2O. The van der Waals surface area contributed by atoms with E-state index in [0.717, 1.165) is 4.90 Å². The third kappa shape index (κ3) is 3.95. The van der Waals surface area contributed by atoms with Gasteiger partial charge in [-0.15, -0.1) is 0 Å². The van der Waals surface area contributed by atoms with Crippen LogP contribution in [0.5, 0.6) is 0 Å². The van der Waals surface area contributed by atoms with E-state index in [9.17, 15) is 35.5 Å². The number of carbonyl (C=O) groups excluding carboxylic acids is 1. The topological polar surface area (TPSA) is 32.3 Å². The quantitative estimate of drug-likeness (QED) is 0.605. The lowest BCUT2D eigenvalue weighted by Gasteiger charge is -2.32. The van der Waals surface area contributed by atoms with Crippen molar-refractivity contribution in [3.63, 3.8) is 0 Å². The fourth-order valence-corrected chi connectivity index (χ4v) is 3.27. The van der Waals surface area contributed by atoms with E-state index >= 15 is 0 Å². The number of aryl methyl sites for hydroxylation is 2. The van der Waals surface area contributed by atoms with Crippen LogP contribution >= 0.6 is 0 Å². The summed E-state index contributed by atoms with van der Waals surface area (Å²) >= 11 is 0. The fraction of sp³-hybridized carbons (Fsp3) is 0.350. The highest BCUT2D eigenvalue weighted by atomic mass is 19.4. The van der Waals surface area contributed by atoms with Gasteiger partial charge in [0.25, 0.3) is 5.91 Å². The normalized spacial score (nSPS) is 12.6. The van der Waals surface area contributed by atoms with E-state index in [1.807, 2.05) is 0 Å². The van der Waals surface area contributed by atoms with Crippen LogP contribution in [0.2, 0.25) is 0 Å². The molecule has 0 aromatic heterocycles. The Balaban J connectivity index is 2.56. The number of carbonyl (C=O) groups is 1. The Morgan fingerprint density at radius 1 is 0.900 bits per heavy atom. The molecule has 2 rings (SSSR count). The number of amides is 1. The zero-order chi connectivity index (χ0) is 23.1. The molecule has 2 aromatic carbocycles. The molecular weight excluding hydrogens is 417 g/mol. The smallest absolute Gasteiger partial charge is 0.388 e. The zero-order valence-corrected chi connectivity index (χ0v) is 16.5. The SMILES string of the molecule is CNc1cccc(C(=O)N(C)c2c(C)cc(C(F)(C(F)(F)F)C(F)(F)F)cc2C)c1. The van der Waals surface area contributed by atoms with Crippen LogP contribution in [-0.2, 0) is 5.67 Å². The van der Waals surface area contributed by atoms with Crippen molar-refractivity contribution in [3.05, 3.63) is 58.7 Å². The maximum atomic E-state index is 14.4. The van der Waals surface area contributed by atoms with Gasteiger partial charge in [0.15, 0.2) is 0 Å². The molecule has 0 spiro atoms. The van der Waals surface area contributed by atoms with E-state index < -0.39 is 29.5 Å². The second-order valence-corrected chi connectivity index (χ2v) is 6.81. The van der Waals surface area contributed by atoms with Gasteiger partial charge in [-0.2, -0.15) is 26.3 Å². The third-order valence-electron chi connectivity index (χ3n) is 4.71. The monoisotopic (exact) mass is 436 g/mol. The molecule has 2 aromatic rings. The number of nitrogens with one attached hydrogen (secondary N) is 1. The fourth-order valence-electron chi connectivity index (χ4n) is 3.27. The van der Waals surface area contributed by atoms with Crippen LogP contribution in [0.4, 0.5) is 42.1 Å². The average molecular weight is 436 g/mol. The highest BCUT2D eigenvalue weighted by Gasteiger charge is 2.73. The van der Waals surface area contributed by atoms with Gasteiger partial charge in [0.05, 0.1) is 0 Å². The molecule has 0 aliphatic heterocycles. The molecule has 0 bridgehead atoms. The van der Waals surface area contributed by atoms with E-state index in [0.29, 0.717) is 17.8 Å². The Kier molecular flexibility index (Phi) is 6.11. The number of anilines is 2. The Morgan fingerprint density at radius 3 is 1.83 bits per heavy atom. The molecule has 0 aliphatic rings. The first-order valence-corrected chi connectivity index (χ1v) is 8.65. The number of nitrogens with zero attached hydrogens (tertiary/aromatic N) is 1. The maximum Gasteiger partial charge on any atom is 0.435 e. The lowest BCUT2D eigenvalue weighted by molar-refractivity contribution is -0.348. The molecule has 0 fully saturated rings. The van der Waals surface area contributed by atoms with Crippen molar-refractivity contribution in [2.75, 3.05) is 24.3 Å². The van der Waals surface area contributed by atoms with E-state index in [1.54, 1.807) is 19.2 Å². The number of hydrogen-bond acceptors (Lipinski definition) is 2. The van der Waals surface area contributed by atoms with Crippen molar-refractivity contribution in [3.8, 4) is 0 Å². The van der Waals surface area contributed by atoms with Crippen LogP contribution in [0.15, 0.2) is 36.4 Å². The predicted molar refractivity (Wildman–Crippen MR) is 99.5 cm³/mol. The van der Waals surface area contributed by atoms with Crippen molar-refractivity contribution in [1.29, 1.82) is 0 Å². The highest BCUT2D eigenvalue weighted by Crippen LogP contribution is 2.54. The largest absolute Gasteiger partial charge is 0.435 e. The second-order valence-electron chi connectivity index (χ2n) is 6.81. The molecule has 0 atom stereocenters. The molecule has 0 unspecified atom stereocenters. The number of rotatable bonds is 4. The van der Waals surface area contributed by atoms with Crippen molar-refractivity contribution < 1.29 is 35.5 Å². The van der Waals surface area contributed by atoms with Gasteiger partial charge >= 0.3 is 18.0 Å². The molecule has 1 amide bonds.